The molecule has 0 spiro atoms. The largest absolute Gasteiger partial charge is 0.489 e. The quantitative estimate of drug-likeness (QED) is 0.163. The molecule has 194 valence electrons. The summed E-state index contributed by atoms with van der Waals surface area (Å²) in [5.74, 6) is 0.757. The molecule has 9 nitrogen and oxygen atoms in total. The van der Waals surface area contributed by atoms with Gasteiger partial charge < -0.3 is 14.8 Å². The van der Waals surface area contributed by atoms with E-state index in [2.05, 4.69) is 15.5 Å². The van der Waals surface area contributed by atoms with Crippen LogP contribution < -0.4 is 14.8 Å². The number of amides is 1. The zero-order chi connectivity index (χ0) is 27.0. The van der Waals surface area contributed by atoms with Gasteiger partial charge in [-0.2, -0.15) is 5.10 Å². The Hall–Kier alpha value is -5.44. The number of nitrogens with zero attached hydrogens (tertiary/aromatic N) is 2. The summed E-state index contributed by atoms with van der Waals surface area (Å²) in [6, 6.07) is 32.4. The van der Waals surface area contributed by atoms with Crippen LogP contribution in [-0.4, -0.2) is 21.0 Å². The molecule has 5 aromatic rings. The lowest BCUT2D eigenvalue weighted by atomic mass is 10.1. The van der Waals surface area contributed by atoms with Crippen LogP contribution in [0.1, 0.15) is 21.6 Å². The number of carbonyl (C=O) groups is 1. The van der Waals surface area contributed by atoms with Crippen molar-refractivity contribution in [3.05, 3.63) is 136 Å². The van der Waals surface area contributed by atoms with Crippen LogP contribution in [0.2, 0.25) is 0 Å². The maximum absolute atomic E-state index is 12.8. The first-order valence-electron chi connectivity index (χ1n) is 12.1. The van der Waals surface area contributed by atoms with Crippen LogP contribution in [0.15, 0.2) is 109 Å². The third-order valence-corrected chi connectivity index (χ3v) is 5.87. The van der Waals surface area contributed by atoms with Crippen molar-refractivity contribution >= 4 is 17.3 Å². The summed E-state index contributed by atoms with van der Waals surface area (Å²) >= 11 is 0. The van der Waals surface area contributed by atoms with E-state index in [-0.39, 0.29) is 11.4 Å². The molecule has 1 heterocycles. The predicted octanol–water partition coefficient (Wildman–Crippen LogP) is 6.40. The Balaban J connectivity index is 1.35. The topological polar surface area (TPSA) is 119 Å². The van der Waals surface area contributed by atoms with E-state index < -0.39 is 10.8 Å². The van der Waals surface area contributed by atoms with Gasteiger partial charge in [0.25, 0.3) is 11.6 Å². The van der Waals surface area contributed by atoms with Crippen molar-refractivity contribution in [3.8, 4) is 22.8 Å². The van der Waals surface area contributed by atoms with Crippen molar-refractivity contribution in [2.45, 2.75) is 13.2 Å². The lowest BCUT2D eigenvalue weighted by Gasteiger charge is -2.13. The predicted molar refractivity (Wildman–Crippen MR) is 147 cm³/mol. The van der Waals surface area contributed by atoms with Crippen LogP contribution >= 0.6 is 0 Å². The molecule has 39 heavy (non-hydrogen) atoms. The highest BCUT2D eigenvalue weighted by Crippen LogP contribution is 2.34. The second-order valence-electron chi connectivity index (χ2n) is 8.63. The van der Waals surface area contributed by atoms with Crippen molar-refractivity contribution in [1.29, 1.82) is 0 Å². The highest BCUT2D eigenvalue weighted by Gasteiger charge is 2.16. The molecule has 0 atom stereocenters. The van der Waals surface area contributed by atoms with Crippen LogP contribution in [0.3, 0.4) is 0 Å². The van der Waals surface area contributed by atoms with Gasteiger partial charge >= 0.3 is 0 Å². The molecule has 2 N–H and O–H groups in total. The van der Waals surface area contributed by atoms with Crippen molar-refractivity contribution < 1.29 is 19.2 Å². The Morgan fingerprint density at radius 3 is 2.10 bits per heavy atom. The SMILES string of the molecule is O=C(Nc1ccc([N+](=O)[O-])cc1)c1cc(-c2ccc(OCc3ccccc3)cc2OCc2ccccc2)n[nH]1. The van der Waals surface area contributed by atoms with Gasteiger partial charge in [-0.1, -0.05) is 60.7 Å². The summed E-state index contributed by atoms with van der Waals surface area (Å²) in [6.45, 7) is 0.752. The van der Waals surface area contributed by atoms with E-state index in [4.69, 9.17) is 9.47 Å². The smallest absolute Gasteiger partial charge is 0.273 e. The summed E-state index contributed by atoms with van der Waals surface area (Å²) in [5.41, 5.74) is 3.84. The molecular weight excluding hydrogens is 496 g/mol. The van der Waals surface area contributed by atoms with Gasteiger partial charge in [-0.05, 0) is 41.5 Å². The maximum atomic E-state index is 12.8. The van der Waals surface area contributed by atoms with E-state index in [0.717, 1.165) is 11.1 Å². The second kappa shape index (κ2) is 11.7. The maximum Gasteiger partial charge on any atom is 0.273 e. The van der Waals surface area contributed by atoms with Gasteiger partial charge in [-0.25, -0.2) is 0 Å². The Morgan fingerprint density at radius 2 is 1.46 bits per heavy atom. The number of nitro benzene ring substituents is 1. The molecule has 0 aliphatic rings. The molecule has 0 unspecified atom stereocenters. The van der Waals surface area contributed by atoms with Crippen molar-refractivity contribution in [3.63, 3.8) is 0 Å². The van der Waals surface area contributed by atoms with Crippen LogP contribution in [0, 0.1) is 10.1 Å². The number of hydrogen-bond donors (Lipinski definition) is 2. The molecule has 0 saturated carbocycles. The Labute approximate surface area is 224 Å². The van der Waals surface area contributed by atoms with Crippen LogP contribution in [0.25, 0.3) is 11.3 Å². The lowest BCUT2D eigenvalue weighted by molar-refractivity contribution is -0.384. The Kier molecular flexibility index (Phi) is 7.59. The minimum Gasteiger partial charge on any atom is -0.489 e. The van der Waals surface area contributed by atoms with Crippen molar-refractivity contribution in [2.75, 3.05) is 5.32 Å². The molecule has 0 aliphatic heterocycles. The average molecular weight is 521 g/mol. The van der Waals surface area contributed by atoms with Gasteiger partial charge in [-0.15, -0.1) is 0 Å². The van der Waals surface area contributed by atoms with Crippen LogP contribution in [-0.2, 0) is 13.2 Å². The lowest BCUT2D eigenvalue weighted by Crippen LogP contribution is -2.12. The number of anilines is 1. The van der Waals surface area contributed by atoms with Gasteiger partial charge in [0, 0.05) is 29.4 Å². The first kappa shape index (κ1) is 25.2. The fraction of sp³-hybridized carbons (Fsp3) is 0.0667. The van der Waals surface area contributed by atoms with E-state index in [1.165, 1.54) is 24.3 Å². The average Bonchev–Trinajstić information content (AvgIpc) is 3.47. The number of H-pyrrole nitrogens is 1. The van der Waals surface area contributed by atoms with E-state index in [1.54, 1.807) is 6.07 Å². The van der Waals surface area contributed by atoms with Crippen molar-refractivity contribution in [1.82, 2.24) is 10.2 Å². The highest BCUT2D eigenvalue weighted by molar-refractivity contribution is 6.03. The molecular formula is C30H24N4O5. The molecule has 4 aromatic carbocycles. The van der Waals surface area contributed by atoms with Gasteiger partial charge in [-0.3, -0.25) is 20.0 Å². The highest BCUT2D eigenvalue weighted by atomic mass is 16.6. The van der Waals surface area contributed by atoms with Gasteiger partial charge in [0.05, 0.1) is 10.6 Å². The number of aromatic nitrogens is 2. The molecule has 0 saturated heterocycles. The molecule has 1 amide bonds. The van der Waals surface area contributed by atoms with E-state index in [9.17, 15) is 14.9 Å². The standard InChI is InChI=1S/C30H24N4O5/c35-30(31-23-11-13-24(14-12-23)34(36)37)28-18-27(32-33-28)26-16-15-25(38-19-21-7-3-1-4-8-21)17-29(26)39-20-22-9-5-2-6-10-22/h1-18H,19-20H2,(H,31,35)(H,32,33). The molecule has 0 radical (unpaired) electrons. The fourth-order valence-electron chi connectivity index (χ4n) is 3.84. The fourth-order valence-corrected chi connectivity index (χ4v) is 3.84. The summed E-state index contributed by atoms with van der Waals surface area (Å²) < 4.78 is 12.2. The molecule has 0 bridgehead atoms. The molecule has 1 aromatic heterocycles. The molecule has 5 rings (SSSR count). The number of aromatic amines is 1. The van der Waals surface area contributed by atoms with Gasteiger partial charge in [0.1, 0.15) is 30.4 Å². The van der Waals surface area contributed by atoms with Crippen LogP contribution in [0.5, 0.6) is 11.5 Å². The number of nitrogens with one attached hydrogen (secondary N) is 2. The van der Waals surface area contributed by atoms with Gasteiger partial charge in [0.2, 0.25) is 0 Å². The van der Waals surface area contributed by atoms with E-state index >= 15 is 0 Å². The number of ether oxygens (including phenoxy) is 2. The number of carbonyl (C=O) groups excluding carboxylic acids is 1. The summed E-state index contributed by atoms with van der Waals surface area (Å²) in [4.78, 5) is 23.1. The zero-order valence-corrected chi connectivity index (χ0v) is 20.7. The summed E-state index contributed by atoms with van der Waals surface area (Å²) in [7, 11) is 0. The molecule has 9 heteroatoms. The number of non-ortho nitro benzene ring substituents is 1. The molecule has 0 aliphatic carbocycles. The monoisotopic (exact) mass is 520 g/mol. The number of rotatable bonds is 10. The van der Waals surface area contributed by atoms with E-state index in [0.29, 0.717) is 41.7 Å². The summed E-state index contributed by atoms with van der Waals surface area (Å²) in [5, 5.41) is 20.7. The number of nitro groups is 1. The first-order chi connectivity index (χ1) is 19.0. The van der Waals surface area contributed by atoms with Gasteiger partial charge in [0.15, 0.2) is 0 Å². The summed E-state index contributed by atoms with van der Waals surface area (Å²) in [6.07, 6.45) is 0. The Morgan fingerprint density at radius 1 is 0.821 bits per heavy atom. The third-order valence-electron chi connectivity index (χ3n) is 5.87. The van der Waals surface area contributed by atoms with Crippen LogP contribution in [0.4, 0.5) is 11.4 Å². The minimum atomic E-state index is -0.498. The number of benzene rings is 4. The third kappa shape index (κ3) is 6.47. The number of hydrogen-bond acceptors (Lipinski definition) is 6. The zero-order valence-electron chi connectivity index (χ0n) is 20.7. The van der Waals surface area contributed by atoms with Crippen molar-refractivity contribution in [2.24, 2.45) is 0 Å². The second-order valence-corrected chi connectivity index (χ2v) is 8.63. The normalized spacial score (nSPS) is 10.6. The Bertz CT molecular complexity index is 1570. The minimum absolute atomic E-state index is 0.0592. The molecule has 0 fully saturated rings. The van der Waals surface area contributed by atoms with E-state index in [1.807, 2.05) is 78.9 Å². The first-order valence-corrected chi connectivity index (χ1v) is 12.1.